The number of anilines is 1. The van der Waals surface area contributed by atoms with Crippen molar-refractivity contribution in [1.82, 2.24) is 14.9 Å². The number of rotatable bonds is 5. The minimum absolute atomic E-state index is 0.521. The van der Waals surface area contributed by atoms with Crippen LogP contribution in [-0.2, 0) is 4.74 Å². The Hall–Kier alpha value is -0.910. The molecule has 0 radical (unpaired) electrons. The maximum absolute atomic E-state index is 6.20. The Morgan fingerprint density at radius 1 is 1.30 bits per heavy atom. The van der Waals surface area contributed by atoms with Crippen LogP contribution < -0.4 is 5.32 Å². The molecule has 110 valence electrons. The number of nitrogens with one attached hydrogen (secondary N) is 1. The van der Waals surface area contributed by atoms with Crippen molar-refractivity contribution in [3.63, 3.8) is 0 Å². The van der Waals surface area contributed by atoms with Gasteiger partial charge in [-0.3, -0.25) is 4.90 Å². The van der Waals surface area contributed by atoms with Crippen LogP contribution in [0.4, 0.5) is 5.82 Å². The molecule has 1 saturated heterocycles. The standard InChI is InChI=1S/C14H21ClN4O/c1-10-12(15)17-14(11-2-3-11)18-13(10)16-4-5-19-6-8-20-9-7-19/h11H,2-9H2,1H3,(H,16,17,18). The van der Waals surface area contributed by atoms with E-state index in [1.165, 1.54) is 12.8 Å². The maximum Gasteiger partial charge on any atom is 0.137 e. The van der Waals surface area contributed by atoms with Crippen LogP contribution in [0.2, 0.25) is 5.15 Å². The van der Waals surface area contributed by atoms with Gasteiger partial charge in [-0.25, -0.2) is 9.97 Å². The van der Waals surface area contributed by atoms with Gasteiger partial charge in [-0.2, -0.15) is 0 Å². The summed E-state index contributed by atoms with van der Waals surface area (Å²) in [6.07, 6.45) is 2.37. The van der Waals surface area contributed by atoms with E-state index in [9.17, 15) is 0 Å². The molecule has 0 unspecified atom stereocenters. The van der Waals surface area contributed by atoms with Crippen molar-refractivity contribution in [2.24, 2.45) is 0 Å². The highest BCUT2D eigenvalue weighted by Crippen LogP contribution is 2.39. The van der Waals surface area contributed by atoms with Crippen molar-refractivity contribution in [2.45, 2.75) is 25.7 Å². The number of nitrogens with zero attached hydrogens (tertiary/aromatic N) is 3. The second-order valence-corrected chi connectivity index (χ2v) is 5.86. The van der Waals surface area contributed by atoms with E-state index in [-0.39, 0.29) is 0 Å². The highest BCUT2D eigenvalue weighted by Gasteiger charge is 2.28. The minimum atomic E-state index is 0.521. The summed E-state index contributed by atoms with van der Waals surface area (Å²) in [7, 11) is 0. The molecule has 0 bridgehead atoms. The van der Waals surface area contributed by atoms with E-state index in [4.69, 9.17) is 16.3 Å². The first kappa shape index (κ1) is 14.0. The summed E-state index contributed by atoms with van der Waals surface area (Å²) in [6.45, 7) is 7.54. The molecule has 20 heavy (non-hydrogen) atoms. The number of halogens is 1. The van der Waals surface area contributed by atoms with E-state index in [1.54, 1.807) is 0 Å². The van der Waals surface area contributed by atoms with Crippen molar-refractivity contribution in [3.8, 4) is 0 Å². The first-order chi connectivity index (χ1) is 9.74. The van der Waals surface area contributed by atoms with Gasteiger partial charge in [0.1, 0.15) is 16.8 Å². The molecule has 2 aliphatic rings. The average Bonchev–Trinajstić information content (AvgIpc) is 3.29. The molecule has 0 aromatic carbocycles. The van der Waals surface area contributed by atoms with Crippen LogP contribution in [0.25, 0.3) is 0 Å². The van der Waals surface area contributed by atoms with Crippen LogP contribution in [0.5, 0.6) is 0 Å². The summed E-state index contributed by atoms with van der Waals surface area (Å²) in [5, 5.41) is 3.99. The topological polar surface area (TPSA) is 50.3 Å². The molecule has 3 rings (SSSR count). The van der Waals surface area contributed by atoms with Gasteiger partial charge in [0, 0.05) is 37.7 Å². The lowest BCUT2D eigenvalue weighted by Crippen LogP contribution is -2.39. The molecule has 1 aliphatic carbocycles. The van der Waals surface area contributed by atoms with Crippen molar-refractivity contribution < 1.29 is 4.74 Å². The molecule has 2 fully saturated rings. The van der Waals surface area contributed by atoms with Gasteiger partial charge in [0.05, 0.1) is 13.2 Å². The van der Waals surface area contributed by atoms with Crippen LogP contribution in [0.3, 0.4) is 0 Å². The highest BCUT2D eigenvalue weighted by atomic mass is 35.5. The quantitative estimate of drug-likeness (QED) is 0.843. The molecule has 0 spiro atoms. The van der Waals surface area contributed by atoms with Gasteiger partial charge >= 0.3 is 0 Å². The van der Waals surface area contributed by atoms with Gasteiger partial charge in [-0.05, 0) is 19.8 Å². The molecule has 1 saturated carbocycles. The monoisotopic (exact) mass is 296 g/mol. The zero-order valence-electron chi connectivity index (χ0n) is 11.9. The van der Waals surface area contributed by atoms with Gasteiger partial charge < -0.3 is 10.1 Å². The molecule has 2 heterocycles. The van der Waals surface area contributed by atoms with Crippen LogP contribution in [-0.4, -0.2) is 54.3 Å². The third kappa shape index (κ3) is 3.40. The number of hydrogen-bond donors (Lipinski definition) is 1. The summed E-state index contributed by atoms with van der Waals surface area (Å²) in [5.74, 6) is 2.31. The summed E-state index contributed by atoms with van der Waals surface area (Å²) >= 11 is 6.20. The summed E-state index contributed by atoms with van der Waals surface area (Å²) < 4.78 is 5.35. The number of morpholine rings is 1. The summed E-state index contributed by atoms with van der Waals surface area (Å²) in [4.78, 5) is 11.4. The molecule has 1 N–H and O–H groups in total. The molecule has 5 nitrogen and oxygen atoms in total. The van der Waals surface area contributed by atoms with Gasteiger partial charge in [0.2, 0.25) is 0 Å². The van der Waals surface area contributed by atoms with Crippen molar-refractivity contribution in [2.75, 3.05) is 44.7 Å². The smallest absolute Gasteiger partial charge is 0.137 e. The Morgan fingerprint density at radius 2 is 2.05 bits per heavy atom. The Morgan fingerprint density at radius 3 is 2.75 bits per heavy atom. The Bertz CT molecular complexity index is 472. The number of hydrogen-bond acceptors (Lipinski definition) is 5. The third-order valence-electron chi connectivity index (χ3n) is 3.87. The first-order valence-corrected chi connectivity index (χ1v) is 7.70. The Labute approximate surface area is 124 Å². The van der Waals surface area contributed by atoms with Crippen LogP contribution >= 0.6 is 11.6 Å². The normalized spacial score (nSPS) is 20.1. The van der Waals surface area contributed by atoms with E-state index >= 15 is 0 Å². The van der Waals surface area contributed by atoms with E-state index in [0.29, 0.717) is 11.1 Å². The van der Waals surface area contributed by atoms with Crippen molar-refractivity contribution in [1.29, 1.82) is 0 Å². The third-order valence-corrected chi connectivity index (χ3v) is 4.24. The molecule has 1 aromatic rings. The average molecular weight is 297 g/mol. The Balaban J connectivity index is 1.58. The minimum Gasteiger partial charge on any atom is -0.379 e. The van der Waals surface area contributed by atoms with E-state index < -0.39 is 0 Å². The second-order valence-electron chi connectivity index (χ2n) is 5.50. The van der Waals surface area contributed by atoms with Crippen LogP contribution in [0.15, 0.2) is 0 Å². The van der Waals surface area contributed by atoms with Crippen LogP contribution in [0.1, 0.15) is 30.1 Å². The first-order valence-electron chi connectivity index (χ1n) is 7.32. The van der Waals surface area contributed by atoms with Gasteiger partial charge in [0.15, 0.2) is 0 Å². The molecule has 1 aromatic heterocycles. The van der Waals surface area contributed by atoms with Crippen LogP contribution in [0, 0.1) is 6.92 Å². The predicted octanol–water partition coefficient (Wildman–Crippen LogP) is 2.06. The van der Waals surface area contributed by atoms with E-state index in [0.717, 1.165) is 56.6 Å². The van der Waals surface area contributed by atoms with E-state index in [2.05, 4.69) is 20.2 Å². The molecule has 0 atom stereocenters. The molecule has 6 heteroatoms. The van der Waals surface area contributed by atoms with E-state index in [1.807, 2.05) is 6.92 Å². The molecule has 0 amide bonds. The van der Waals surface area contributed by atoms with Gasteiger partial charge in [0.25, 0.3) is 0 Å². The van der Waals surface area contributed by atoms with Gasteiger partial charge in [-0.1, -0.05) is 11.6 Å². The predicted molar refractivity (Wildman–Crippen MR) is 79.5 cm³/mol. The highest BCUT2D eigenvalue weighted by molar-refractivity contribution is 6.30. The van der Waals surface area contributed by atoms with Gasteiger partial charge in [-0.15, -0.1) is 0 Å². The summed E-state index contributed by atoms with van der Waals surface area (Å²) in [5.41, 5.74) is 0.943. The molecule has 1 aliphatic heterocycles. The molecular weight excluding hydrogens is 276 g/mol. The lowest BCUT2D eigenvalue weighted by atomic mass is 10.3. The fraction of sp³-hybridized carbons (Fsp3) is 0.714. The Kier molecular flexibility index (Phi) is 4.38. The number of aromatic nitrogens is 2. The lowest BCUT2D eigenvalue weighted by molar-refractivity contribution is 0.0398. The fourth-order valence-electron chi connectivity index (χ4n) is 2.36. The largest absolute Gasteiger partial charge is 0.379 e. The summed E-state index contributed by atoms with van der Waals surface area (Å²) in [6, 6.07) is 0. The number of ether oxygens (including phenoxy) is 1. The second kappa shape index (κ2) is 6.24. The maximum atomic E-state index is 6.20. The van der Waals surface area contributed by atoms with Crippen molar-refractivity contribution >= 4 is 17.4 Å². The zero-order valence-corrected chi connectivity index (χ0v) is 12.6. The lowest BCUT2D eigenvalue weighted by Gasteiger charge is -2.26. The fourth-order valence-corrected chi connectivity index (χ4v) is 2.54. The zero-order chi connectivity index (χ0) is 13.9. The SMILES string of the molecule is Cc1c(Cl)nc(C2CC2)nc1NCCN1CCOCC1. The molecular formula is C14H21ClN4O. The van der Waals surface area contributed by atoms with Crippen molar-refractivity contribution in [3.05, 3.63) is 16.5 Å².